The van der Waals surface area contributed by atoms with E-state index in [0.29, 0.717) is 5.56 Å². The second-order valence-electron chi connectivity index (χ2n) is 12.2. The number of hydrogen-bond acceptors (Lipinski definition) is 15. The molecule has 15 nitrogen and oxygen atoms in total. The number of allylic oxidation sites excluding steroid dienone is 2. The number of aliphatic hydroxyl groups excluding tert-OH is 6. The summed E-state index contributed by atoms with van der Waals surface area (Å²) in [6.07, 6.45) is -15.1. The van der Waals surface area contributed by atoms with Gasteiger partial charge in [-0.05, 0) is 44.9 Å². The van der Waals surface area contributed by atoms with Crippen LogP contribution in [0.4, 0.5) is 0 Å². The van der Waals surface area contributed by atoms with Crippen molar-refractivity contribution < 1.29 is 74.4 Å². The zero-order valence-corrected chi connectivity index (χ0v) is 25.8. The fourth-order valence-corrected chi connectivity index (χ4v) is 5.66. The Morgan fingerprint density at radius 2 is 1.49 bits per heavy atom. The van der Waals surface area contributed by atoms with Crippen LogP contribution in [0.25, 0.3) is 0 Å². The summed E-state index contributed by atoms with van der Waals surface area (Å²) < 4.78 is 28.6. The van der Waals surface area contributed by atoms with E-state index in [9.17, 15) is 50.8 Å². The summed E-state index contributed by atoms with van der Waals surface area (Å²) >= 11 is 0. The van der Waals surface area contributed by atoms with E-state index in [1.54, 1.807) is 18.2 Å². The summed E-state index contributed by atoms with van der Waals surface area (Å²) in [7, 11) is 0. The second-order valence-corrected chi connectivity index (χ2v) is 12.2. The number of ether oxygens (including phenoxy) is 5. The van der Waals surface area contributed by atoms with E-state index in [-0.39, 0.29) is 35.5 Å². The van der Waals surface area contributed by atoms with Crippen molar-refractivity contribution in [3.63, 3.8) is 0 Å². The van der Waals surface area contributed by atoms with Gasteiger partial charge in [-0.15, -0.1) is 0 Å². The van der Waals surface area contributed by atoms with E-state index in [1.807, 2.05) is 13.8 Å². The Balaban J connectivity index is 1.45. The molecule has 0 radical (unpaired) electrons. The molecule has 47 heavy (non-hydrogen) atoms. The van der Waals surface area contributed by atoms with Crippen molar-refractivity contribution in [3.8, 4) is 28.7 Å². The van der Waals surface area contributed by atoms with Crippen LogP contribution in [0.5, 0.6) is 28.7 Å². The molecule has 258 valence electrons. The van der Waals surface area contributed by atoms with Gasteiger partial charge in [-0.1, -0.05) is 23.8 Å². The van der Waals surface area contributed by atoms with E-state index in [2.05, 4.69) is 0 Å². The molecule has 2 aromatic rings. The molecule has 0 spiro atoms. The van der Waals surface area contributed by atoms with Crippen molar-refractivity contribution in [2.45, 2.75) is 101 Å². The molecule has 0 amide bonds. The fraction of sp³-hybridized carbons (Fsp3) is 0.531. The van der Waals surface area contributed by atoms with Gasteiger partial charge < -0.3 is 69.6 Å². The number of rotatable bonds is 8. The largest absolute Gasteiger partial charge is 0.508 e. The Labute approximate surface area is 269 Å². The maximum Gasteiger partial charge on any atom is 0.229 e. The third-order valence-electron chi connectivity index (χ3n) is 8.48. The second kappa shape index (κ2) is 13.9. The lowest BCUT2D eigenvalue weighted by molar-refractivity contribution is -0.318. The minimum absolute atomic E-state index is 0.00855. The predicted molar refractivity (Wildman–Crippen MR) is 159 cm³/mol. The molecule has 2 fully saturated rings. The predicted octanol–water partition coefficient (Wildman–Crippen LogP) is 0.0491. The van der Waals surface area contributed by atoms with E-state index in [1.165, 1.54) is 19.1 Å². The van der Waals surface area contributed by atoms with Crippen LogP contribution in [0, 0.1) is 0 Å². The molecule has 11 atom stereocenters. The van der Waals surface area contributed by atoms with E-state index in [0.717, 1.165) is 5.57 Å². The van der Waals surface area contributed by atoms with Crippen molar-refractivity contribution in [2.75, 3.05) is 6.61 Å². The number of benzene rings is 2. The number of carbonyl (C=O) groups is 1. The number of fused-ring (bicyclic) bond motifs is 1. The zero-order valence-electron chi connectivity index (χ0n) is 25.8. The molecule has 15 heteroatoms. The molecule has 0 unspecified atom stereocenters. The van der Waals surface area contributed by atoms with Gasteiger partial charge in [-0.25, -0.2) is 0 Å². The van der Waals surface area contributed by atoms with Gasteiger partial charge in [0.25, 0.3) is 0 Å². The summed E-state index contributed by atoms with van der Waals surface area (Å²) in [6, 6.07) is 6.02. The van der Waals surface area contributed by atoms with Gasteiger partial charge in [0, 0.05) is 5.56 Å². The standard InChI is InChI=1S/C32H40O15/c1-12(2)4-9-16-22(36)26(40)30(20-17(34)10-18(45-29(16)20)14-5-7-15(33)8-6-14)47-32-28(42)25(39)23(37)19(46-32)11-43-31-27(41)24(38)21(35)13(3)44-31/h4-8,13,18-19,21,23-25,27-28,31-33,35-42H,9-11H2,1-3H3/t13-,18-,19-,21-,23-,24-,25-,27+,28-,31+,32+/m0/s1. The van der Waals surface area contributed by atoms with Crippen LogP contribution in [-0.2, 0) is 20.6 Å². The molecule has 3 heterocycles. The van der Waals surface area contributed by atoms with E-state index in [4.69, 9.17) is 23.7 Å². The average molecular weight is 665 g/mol. The summed E-state index contributed by atoms with van der Waals surface area (Å²) in [5.74, 6) is -2.76. The Hall–Kier alpha value is -3.51. The number of phenolic OH excluding ortho intramolecular Hbond substituents is 3. The molecule has 0 aliphatic carbocycles. The van der Waals surface area contributed by atoms with Gasteiger partial charge in [-0.3, -0.25) is 4.79 Å². The summed E-state index contributed by atoms with van der Waals surface area (Å²) in [5.41, 5.74) is 1.26. The highest BCUT2D eigenvalue weighted by molar-refractivity contribution is 6.04. The topological polar surface area (TPSA) is 245 Å². The summed E-state index contributed by atoms with van der Waals surface area (Å²) in [4.78, 5) is 13.7. The van der Waals surface area contributed by atoms with Crippen LogP contribution in [0.2, 0.25) is 0 Å². The van der Waals surface area contributed by atoms with Crippen LogP contribution in [0.3, 0.4) is 0 Å². The van der Waals surface area contributed by atoms with Crippen molar-refractivity contribution in [1.29, 1.82) is 0 Å². The maximum atomic E-state index is 13.7. The highest BCUT2D eigenvalue weighted by Gasteiger charge is 2.48. The Bertz CT molecular complexity index is 1470. The monoisotopic (exact) mass is 664 g/mol. The van der Waals surface area contributed by atoms with Gasteiger partial charge in [-0.2, -0.15) is 0 Å². The normalized spacial score (nSPS) is 33.9. The molecule has 5 rings (SSSR count). The molecule has 0 saturated carbocycles. The third kappa shape index (κ3) is 6.90. The number of hydrogen-bond donors (Lipinski definition) is 9. The first kappa shape index (κ1) is 34.8. The number of ketones is 1. The van der Waals surface area contributed by atoms with Crippen molar-refractivity contribution in [1.82, 2.24) is 0 Å². The number of phenols is 3. The van der Waals surface area contributed by atoms with Gasteiger partial charge in [0.2, 0.25) is 12.0 Å². The third-order valence-corrected chi connectivity index (χ3v) is 8.48. The van der Waals surface area contributed by atoms with Crippen LogP contribution in [-0.4, -0.2) is 120 Å². The lowest BCUT2D eigenvalue weighted by Gasteiger charge is -2.42. The summed E-state index contributed by atoms with van der Waals surface area (Å²) in [5, 5.41) is 94.2. The molecule has 3 aliphatic heterocycles. The number of Topliss-reactive ketones (excluding diaryl/α,β-unsaturated/α-hetero) is 1. The SMILES string of the molecule is CC(C)=CCc1c(O)c(O)c(O[C@H]2O[C@@H](CO[C@@H]3O[C@@H](C)[C@H](O)[C@H](O)[C@H]3O)[C@H](O)[C@H](O)[C@@H]2O)c2c1O[C@H](c1ccc(O)cc1)CC2=O. The Kier molecular flexibility index (Phi) is 10.3. The van der Waals surface area contributed by atoms with E-state index >= 15 is 0 Å². The lowest BCUT2D eigenvalue weighted by Crippen LogP contribution is -2.61. The first-order chi connectivity index (χ1) is 22.2. The average Bonchev–Trinajstić information content (AvgIpc) is 3.03. The molecule has 2 aromatic carbocycles. The molecular weight excluding hydrogens is 624 g/mol. The number of carbonyl (C=O) groups excluding carboxylic acids is 1. The molecule has 0 aromatic heterocycles. The molecule has 2 saturated heterocycles. The van der Waals surface area contributed by atoms with Gasteiger partial charge in [0.1, 0.15) is 65.9 Å². The highest BCUT2D eigenvalue weighted by Crippen LogP contribution is 2.52. The van der Waals surface area contributed by atoms with Crippen molar-refractivity contribution in [2.24, 2.45) is 0 Å². The molecule has 3 aliphatic rings. The lowest BCUT2D eigenvalue weighted by atomic mass is 9.91. The minimum Gasteiger partial charge on any atom is -0.508 e. The van der Waals surface area contributed by atoms with Gasteiger partial charge in [0.15, 0.2) is 23.6 Å². The first-order valence-electron chi connectivity index (χ1n) is 15.1. The quantitative estimate of drug-likeness (QED) is 0.134. The smallest absolute Gasteiger partial charge is 0.229 e. The maximum absolute atomic E-state index is 13.7. The molecule has 0 bridgehead atoms. The van der Waals surface area contributed by atoms with E-state index < -0.39 is 97.2 Å². The van der Waals surface area contributed by atoms with Gasteiger partial charge >= 0.3 is 0 Å². The van der Waals surface area contributed by atoms with Crippen molar-refractivity contribution >= 4 is 5.78 Å². The fourth-order valence-electron chi connectivity index (χ4n) is 5.66. The number of aromatic hydroxyl groups is 3. The Morgan fingerprint density at radius 3 is 2.15 bits per heavy atom. The van der Waals surface area contributed by atoms with Crippen LogP contribution < -0.4 is 9.47 Å². The van der Waals surface area contributed by atoms with Gasteiger partial charge in [0.05, 0.1) is 19.1 Å². The first-order valence-corrected chi connectivity index (χ1v) is 15.1. The minimum atomic E-state index is -1.93. The molecule has 9 N–H and O–H groups in total. The van der Waals surface area contributed by atoms with Crippen LogP contribution >= 0.6 is 0 Å². The van der Waals surface area contributed by atoms with Crippen LogP contribution in [0.15, 0.2) is 35.9 Å². The van der Waals surface area contributed by atoms with Crippen molar-refractivity contribution in [3.05, 3.63) is 52.6 Å². The van der Waals surface area contributed by atoms with Crippen LogP contribution in [0.1, 0.15) is 54.8 Å². The highest BCUT2D eigenvalue weighted by atomic mass is 16.7. The number of aliphatic hydroxyl groups is 6. The zero-order chi connectivity index (χ0) is 34.3. The summed E-state index contributed by atoms with van der Waals surface area (Å²) in [6.45, 7) is 4.51. The molecular formula is C32H40O15. The Morgan fingerprint density at radius 1 is 0.851 bits per heavy atom.